The predicted molar refractivity (Wildman–Crippen MR) is 146 cm³/mol. The largest absolute Gasteiger partial charge is 0.507 e. The van der Waals surface area contributed by atoms with Gasteiger partial charge in [0.25, 0.3) is 0 Å². The van der Waals surface area contributed by atoms with Crippen LogP contribution in [0.2, 0.25) is 0 Å². The monoisotopic (exact) mass is 528 g/mol. The summed E-state index contributed by atoms with van der Waals surface area (Å²) in [7, 11) is 0. The Morgan fingerprint density at radius 1 is 1.00 bits per heavy atom. The Hall–Kier alpha value is -2.85. The molecule has 4 atom stereocenters. The Labute approximate surface area is 222 Å². The molecule has 0 fully saturated rings. The molecule has 0 bridgehead atoms. The Balaban J connectivity index is 0.00000186. The van der Waals surface area contributed by atoms with E-state index in [1.165, 1.54) is 6.07 Å². The summed E-state index contributed by atoms with van der Waals surface area (Å²) in [5, 5.41) is 30.2. The number of ketones is 2. The molecule has 200 valence electrons. The Morgan fingerprint density at radius 2 is 1.57 bits per heavy atom. The first-order valence-electron chi connectivity index (χ1n) is 12.6. The van der Waals surface area contributed by atoms with Crippen LogP contribution in [-0.4, -0.2) is 67.8 Å². The van der Waals surface area contributed by atoms with E-state index in [9.17, 15) is 24.9 Å². The van der Waals surface area contributed by atoms with E-state index in [1.54, 1.807) is 50.1 Å². The van der Waals surface area contributed by atoms with E-state index in [-0.39, 0.29) is 50.8 Å². The number of phenols is 1. The number of aliphatic hydroxyl groups excluding tert-OH is 2. The molecule has 0 aliphatic heterocycles. The first-order chi connectivity index (χ1) is 17.7. The number of anilines is 1. The third kappa shape index (κ3) is 6.54. The van der Waals surface area contributed by atoms with Crippen molar-refractivity contribution in [3.05, 3.63) is 64.7 Å². The van der Waals surface area contributed by atoms with Gasteiger partial charge in [-0.05, 0) is 32.8 Å². The summed E-state index contributed by atoms with van der Waals surface area (Å²) in [6.07, 6.45) is 4.02. The van der Waals surface area contributed by atoms with Gasteiger partial charge in [0.2, 0.25) is 0 Å². The zero-order valence-electron chi connectivity index (χ0n) is 21.7. The number of phenolic OH excluding ortho intramolecular Hbond substituents is 1. The molecule has 0 saturated carbocycles. The van der Waals surface area contributed by atoms with Gasteiger partial charge in [0, 0.05) is 35.5 Å². The molecule has 4 unspecified atom stereocenters. The van der Waals surface area contributed by atoms with E-state index in [1.807, 2.05) is 30.3 Å². The second-order valence-corrected chi connectivity index (χ2v) is 10.4. The molecule has 0 aromatic heterocycles. The van der Waals surface area contributed by atoms with Crippen LogP contribution in [0.15, 0.2) is 42.5 Å². The summed E-state index contributed by atoms with van der Waals surface area (Å²) >= 11 is 1.57. The lowest BCUT2D eigenvalue weighted by Crippen LogP contribution is -2.33. The molecule has 0 heterocycles. The van der Waals surface area contributed by atoms with Crippen LogP contribution in [0.5, 0.6) is 11.5 Å². The second-order valence-electron chi connectivity index (χ2n) is 9.07. The molecule has 2 aliphatic carbocycles. The van der Waals surface area contributed by atoms with E-state index in [0.717, 1.165) is 6.42 Å². The number of nitrogens with zero attached hydrogens (tertiary/aromatic N) is 1. The molecule has 0 saturated heterocycles. The molecule has 8 nitrogen and oxygen atoms in total. The van der Waals surface area contributed by atoms with E-state index in [2.05, 4.69) is 0 Å². The summed E-state index contributed by atoms with van der Waals surface area (Å²) < 4.78 is 8.01. The lowest BCUT2D eigenvalue weighted by atomic mass is 9.82. The van der Waals surface area contributed by atoms with Crippen molar-refractivity contribution in [2.24, 2.45) is 0 Å². The van der Waals surface area contributed by atoms with Crippen molar-refractivity contribution in [2.75, 3.05) is 18.8 Å². The zero-order valence-corrected chi connectivity index (χ0v) is 22.5. The fourth-order valence-electron chi connectivity index (χ4n) is 4.43. The summed E-state index contributed by atoms with van der Waals surface area (Å²) in [4.78, 5) is 26.0. The Bertz CT molecular complexity index is 1150. The molecule has 2 aromatic rings. The molecule has 2 aromatic carbocycles. The van der Waals surface area contributed by atoms with E-state index in [4.69, 9.17) is 10.5 Å². The van der Waals surface area contributed by atoms with Crippen molar-refractivity contribution in [3.8, 4) is 11.5 Å². The third-order valence-electron chi connectivity index (χ3n) is 5.95. The van der Waals surface area contributed by atoms with Crippen LogP contribution in [0.1, 0.15) is 72.4 Å². The number of hydrogen-bond donors (Lipinski definition) is 4. The number of ether oxygens (including phenoxy) is 1. The van der Waals surface area contributed by atoms with Gasteiger partial charge in [0.05, 0.1) is 29.0 Å². The highest BCUT2D eigenvalue weighted by molar-refractivity contribution is 7.97. The highest BCUT2D eigenvalue weighted by atomic mass is 32.2. The van der Waals surface area contributed by atoms with Crippen molar-refractivity contribution in [1.29, 1.82) is 0 Å². The molecule has 5 N–H and O–H groups in total. The summed E-state index contributed by atoms with van der Waals surface area (Å²) in [5.74, 6) is -1.03. The zero-order chi connectivity index (χ0) is 27.3. The number of carbonyl (C=O) groups is 2. The van der Waals surface area contributed by atoms with Gasteiger partial charge in [-0.3, -0.25) is 9.59 Å². The Morgan fingerprint density at radius 3 is 2.08 bits per heavy atom. The van der Waals surface area contributed by atoms with Crippen LogP contribution < -0.4 is 10.5 Å². The summed E-state index contributed by atoms with van der Waals surface area (Å²) in [6, 6.07) is 7.78. The minimum Gasteiger partial charge on any atom is -0.507 e. The topological polar surface area (TPSA) is 133 Å². The average Bonchev–Trinajstić information content (AvgIpc) is 2.86. The number of nitrogen functional groups attached to an aromatic ring is 1. The highest BCUT2D eigenvalue weighted by Gasteiger charge is 2.35. The third-order valence-corrected chi connectivity index (χ3v) is 7.21. The van der Waals surface area contributed by atoms with Crippen molar-refractivity contribution < 1.29 is 29.6 Å². The first-order valence-corrected chi connectivity index (χ1v) is 13.5. The standard InChI is InChI=1S/C26H30N2O6S.C2H6/c1-14(29)12-28(13-15(2)30)35-17-9-7-16(8-10-17)34-21-11-20(31)22-23(24(21)27)26(33)19-6-4-3-5-18(19)25(22)32;1-2/h3-7,9,11,14-17,29-31H,8,10,12-13,27H2,1-2H3;1-2H3. The molecule has 0 spiro atoms. The number of benzene rings is 2. The highest BCUT2D eigenvalue weighted by Crippen LogP contribution is 2.42. The number of fused-ring (bicyclic) bond motifs is 2. The van der Waals surface area contributed by atoms with Crippen molar-refractivity contribution in [1.82, 2.24) is 4.31 Å². The lowest BCUT2D eigenvalue weighted by Gasteiger charge is -2.30. The van der Waals surface area contributed by atoms with Gasteiger partial charge in [0.1, 0.15) is 17.6 Å². The van der Waals surface area contributed by atoms with Gasteiger partial charge < -0.3 is 25.8 Å². The molecular weight excluding hydrogens is 492 g/mol. The summed E-state index contributed by atoms with van der Waals surface area (Å²) in [6.45, 7) is 8.32. The van der Waals surface area contributed by atoms with Gasteiger partial charge in [-0.15, -0.1) is 0 Å². The number of aromatic hydroxyl groups is 1. The van der Waals surface area contributed by atoms with E-state index >= 15 is 0 Å². The van der Waals surface area contributed by atoms with Crippen molar-refractivity contribution in [3.63, 3.8) is 0 Å². The van der Waals surface area contributed by atoms with Crippen LogP contribution in [0, 0.1) is 0 Å². The first kappa shape index (κ1) is 28.7. The fourth-order valence-corrected chi connectivity index (χ4v) is 5.82. The maximum atomic E-state index is 13.1. The van der Waals surface area contributed by atoms with Crippen LogP contribution in [0.3, 0.4) is 0 Å². The quantitative estimate of drug-likeness (QED) is 0.148. The molecular formula is C28H36N2O6S. The number of nitrogens with two attached hydrogens (primary N) is 1. The lowest BCUT2D eigenvalue weighted by molar-refractivity contribution is 0.0976. The van der Waals surface area contributed by atoms with E-state index in [0.29, 0.717) is 19.5 Å². The van der Waals surface area contributed by atoms with Gasteiger partial charge in [-0.1, -0.05) is 56.1 Å². The normalized spacial score (nSPS) is 20.0. The van der Waals surface area contributed by atoms with Gasteiger partial charge >= 0.3 is 0 Å². The van der Waals surface area contributed by atoms with Crippen LogP contribution in [-0.2, 0) is 0 Å². The predicted octanol–water partition coefficient (Wildman–Crippen LogP) is 3.95. The van der Waals surface area contributed by atoms with Gasteiger partial charge in [-0.25, -0.2) is 4.31 Å². The molecule has 37 heavy (non-hydrogen) atoms. The number of rotatable bonds is 8. The van der Waals surface area contributed by atoms with Crippen LogP contribution in [0.25, 0.3) is 0 Å². The van der Waals surface area contributed by atoms with Gasteiger partial charge in [0.15, 0.2) is 11.6 Å². The SMILES string of the molecule is CC.CC(O)CN(CC(C)O)SC1C=CC(Oc2cc(O)c3c(c2N)C(=O)c2ccccc2C3=O)CC1. The van der Waals surface area contributed by atoms with Crippen molar-refractivity contribution in [2.45, 2.75) is 64.1 Å². The number of aliphatic hydroxyl groups is 2. The maximum Gasteiger partial charge on any atom is 0.198 e. The van der Waals surface area contributed by atoms with Crippen molar-refractivity contribution >= 4 is 29.2 Å². The summed E-state index contributed by atoms with van der Waals surface area (Å²) in [5.41, 5.74) is 6.71. The molecule has 4 rings (SSSR count). The minimum atomic E-state index is -0.508. The average molecular weight is 529 g/mol. The number of hydrogen-bond acceptors (Lipinski definition) is 9. The second kappa shape index (κ2) is 12.6. The van der Waals surface area contributed by atoms with Crippen LogP contribution >= 0.6 is 11.9 Å². The molecule has 0 amide bonds. The Kier molecular flexibility index (Phi) is 9.78. The number of carbonyl (C=O) groups excluding carboxylic acids is 2. The maximum absolute atomic E-state index is 13.1. The molecule has 2 aliphatic rings. The molecule has 9 heteroatoms. The fraction of sp³-hybridized carbons (Fsp3) is 0.429. The van der Waals surface area contributed by atoms with Gasteiger partial charge in [-0.2, -0.15) is 0 Å². The van der Waals surface area contributed by atoms with Crippen LogP contribution in [0.4, 0.5) is 5.69 Å². The van der Waals surface area contributed by atoms with E-state index < -0.39 is 23.8 Å². The smallest absolute Gasteiger partial charge is 0.198 e. The minimum absolute atomic E-state index is 0.0243. The molecule has 0 radical (unpaired) electrons.